The Bertz CT molecular complexity index is 2260. The lowest BCUT2D eigenvalue weighted by Crippen LogP contribution is -2.43. The number of benzene rings is 4. The van der Waals surface area contributed by atoms with E-state index < -0.39 is 45.9 Å². The van der Waals surface area contributed by atoms with Gasteiger partial charge in [-0.25, -0.2) is 0 Å². The van der Waals surface area contributed by atoms with Crippen LogP contribution in [0.5, 0.6) is 0 Å². The smallest absolute Gasteiger partial charge is 0.297 e. The van der Waals surface area contributed by atoms with Crippen LogP contribution in [0.2, 0.25) is 0 Å². The van der Waals surface area contributed by atoms with Crippen LogP contribution in [0.25, 0.3) is 0 Å². The van der Waals surface area contributed by atoms with E-state index in [0.717, 1.165) is 22.3 Å². The summed E-state index contributed by atoms with van der Waals surface area (Å²) in [5, 5.41) is 0. The maximum absolute atomic E-state index is 12.5. The van der Waals surface area contributed by atoms with Gasteiger partial charge < -0.3 is 37.9 Å². The van der Waals surface area contributed by atoms with Crippen molar-refractivity contribution in [2.45, 2.75) is 47.3 Å². The van der Waals surface area contributed by atoms with Crippen molar-refractivity contribution in [3.8, 4) is 0 Å². The van der Waals surface area contributed by atoms with Gasteiger partial charge in [-0.3, -0.25) is 16.7 Å². The molecule has 4 rings (SSSR count). The third kappa shape index (κ3) is 23.7. The first kappa shape index (κ1) is 61.7. The molecule has 0 aliphatic rings. The highest BCUT2D eigenvalue weighted by atomic mass is 32.2. The van der Waals surface area contributed by atoms with E-state index in [1.54, 1.807) is 48.5 Å². The molecular formula is C49H68O20S4. The van der Waals surface area contributed by atoms with Gasteiger partial charge in [0, 0.05) is 0 Å². The summed E-state index contributed by atoms with van der Waals surface area (Å²) in [6.45, 7) is 6.97. The topological polar surface area (TPSA) is 247 Å². The Morgan fingerprint density at radius 2 is 0.425 bits per heavy atom. The Labute approximate surface area is 430 Å². The first-order chi connectivity index (χ1) is 34.8. The maximum atomic E-state index is 12.5. The summed E-state index contributed by atoms with van der Waals surface area (Å²) in [5.74, 6) is 0. The van der Waals surface area contributed by atoms with Crippen molar-refractivity contribution in [1.82, 2.24) is 0 Å². The molecule has 0 aliphatic carbocycles. The molecule has 408 valence electrons. The third-order valence-electron chi connectivity index (χ3n) is 10.2. The molecular weight excluding hydrogens is 1040 g/mol. The Hall–Kier alpha value is -3.80. The maximum Gasteiger partial charge on any atom is 0.297 e. The number of ether oxygens (including phenoxy) is 8. The number of aryl methyl sites for hydroxylation is 4. The van der Waals surface area contributed by atoms with Crippen molar-refractivity contribution in [2.75, 3.05) is 132 Å². The Morgan fingerprint density at radius 1 is 0.260 bits per heavy atom. The number of hydrogen-bond acceptors (Lipinski definition) is 20. The minimum absolute atomic E-state index is 0.0113. The Morgan fingerprint density at radius 3 is 0.616 bits per heavy atom. The van der Waals surface area contributed by atoms with Crippen molar-refractivity contribution >= 4 is 40.5 Å². The highest BCUT2D eigenvalue weighted by Gasteiger charge is 2.33. The highest BCUT2D eigenvalue weighted by Crippen LogP contribution is 2.22. The molecule has 0 atom stereocenters. The van der Waals surface area contributed by atoms with Gasteiger partial charge in [0.25, 0.3) is 40.5 Å². The average Bonchev–Trinajstić information content (AvgIpc) is 3.35. The Kier molecular flexibility index (Phi) is 27.0. The molecule has 24 heteroatoms. The van der Waals surface area contributed by atoms with E-state index in [1.165, 1.54) is 48.5 Å². The van der Waals surface area contributed by atoms with Crippen LogP contribution in [0.1, 0.15) is 22.3 Å². The summed E-state index contributed by atoms with van der Waals surface area (Å²) < 4.78 is 167. The summed E-state index contributed by atoms with van der Waals surface area (Å²) in [6.07, 6.45) is 0. The highest BCUT2D eigenvalue weighted by molar-refractivity contribution is 7.87. The second-order valence-electron chi connectivity index (χ2n) is 16.5. The molecule has 0 fully saturated rings. The zero-order chi connectivity index (χ0) is 53.1. The van der Waals surface area contributed by atoms with Crippen LogP contribution in [0.15, 0.2) is 117 Å². The van der Waals surface area contributed by atoms with E-state index in [0.29, 0.717) is 0 Å². The van der Waals surface area contributed by atoms with Gasteiger partial charge in [-0.1, -0.05) is 70.8 Å². The van der Waals surface area contributed by atoms with E-state index >= 15 is 0 Å². The molecule has 0 saturated heterocycles. The van der Waals surface area contributed by atoms with E-state index in [4.69, 9.17) is 54.6 Å². The molecule has 4 aromatic carbocycles. The first-order valence-corrected chi connectivity index (χ1v) is 28.9. The van der Waals surface area contributed by atoms with Crippen LogP contribution in [0, 0.1) is 33.1 Å². The lowest BCUT2D eigenvalue weighted by Gasteiger charge is -2.33. The van der Waals surface area contributed by atoms with E-state index in [9.17, 15) is 33.7 Å². The lowest BCUT2D eigenvalue weighted by atomic mass is 9.92. The van der Waals surface area contributed by atoms with Gasteiger partial charge >= 0.3 is 0 Å². The summed E-state index contributed by atoms with van der Waals surface area (Å²) in [4.78, 5) is 0.127. The van der Waals surface area contributed by atoms with Crippen LogP contribution >= 0.6 is 0 Å². The molecule has 73 heavy (non-hydrogen) atoms. The SMILES string of the molecule is Cc1ccc(S(=O)(=O)OCCOCCOCC(COCCOCCOS(=O)(=O)c2ccc(C)cc2)(COCCOCCOS(=O)(=O)c2ccc(C)cc2)COCCOCCOS(=O)(=O)c2ccc(C)cc2)cc1. The quantitative estimate of drug-likeness (QED) is 0.0422. The van der Waals surface area contributed by atoms with Crippen LogP contribution in [-0.4, -0.2) is 166 Å². The van der Waals surface area contributed by atoms with Gasteiger partial charge in [-0.15, -0.1) is 0 Å². The zero-order valence-electron chi connectivity index (χ0n) is 41.7. The van der Waals surface area contributed by atoms with Crippen LogP contribution in [0.4, 0.5) is 0 Å². The summed E-state index contributed by atoms with van der Waals surface area (Å²) in [7, 11) is -15.9. The predicted octanol–water partition coefficient (Wildman–Crippen LogP) is 4.96. The first-order valence-electron chi connectivity index (χ1n) is 23.3. The van der Waals surface area contributed by atoms with Crippen molar-refractivity contribution < 1.29 is 88.3 Å². The molecule has 0 aliphatic heterocycles. The van der Waals surface area contributed by atoms with Crippen LogP contribution in [-0.2, 0) is 95.1 Å². The largest absolute Gasteiger partial charge is 0.378 e. The van der Waals surface area contributed by atoms with Gasteiger partial charge in [-0.05, 0) is 76.2 Å². The fraction of sp³-hybridized carbons (Fsp3) is 0.510. The molecule has 0 N–H and O–H groups in total. The van der Waals surface area contributed by atoms with Gasteiger partial charge in [0.1, 0.15) is 0 Å². The standard InChI is InChI=1S/C49H68O20S4/c1-41-5-13-45(14-6-41)70(50,51)66-33-29-58-21-25-62-37-49(38-63-26-22-59-30-34-67-71(52,53)46-15-7-42(2)8-16-46,39-64-27-23-60-31-35-68-72(54,55)47-17-9-43(3)10-18-47)40-65-28-24-61-32-36-69-73(56,57)48-19-11-44(4)12-20-48/h5-20H,21-40H2,1-4H3. The monoisotopic (exact) mass is 1100 g/mol. The molecule has 0 amide bonds. The fourth-order valence-electron chi connectivity index (χ4n) is 6.19. The van der Waals surface area contributed by atoms with Gasteiger partial charge in [0.2, 0.25) is 0 Å². The average molecular weight is 1110 g/mol. The molecule has 0 bridgehead atoms. The fourth-order valence-corrected chi connectivity index (χ4v) is 9.76. The van der Waals surface area contributed by atoms with Crippen molar-refractivity contribution in [3.05, 3.63) is 119 Å². The molecule has 0 unspecified atom stereocenters. The Balaban J connectivity index is 1.30. The minimum Gasteiger partial charge on any atom is -0.378 e. The molecule has 0 spiro atoms. The molecule has 0 radical (unpaired) electrons. The second kappa shape index (κ2) is 31.9. The van der Waals surface area contributed by atoms with Gasteiger partial charge in [0.05, 0.1) is 157 Å². The number of rotatable bonds is 40. The molecule has 20 nitrogen and oxygen atoms in total. The summed E-state index contributed by atoms with van der Waals surface area (Å²) in [6, 6.07) is 25.1. The van der Waals surface area contributed by atoms with Crippen molar-refractivity contribution in [1.29, 1.82) is 0 Å². The molecule has 0 aromatic heterocycles. The predicted molar refractivity (Wildman–Crippen MR) is 266 cm³/mol. The van der Waals surface area contributed by atoms with Crippen LogP contribution < -0.4 is 0 Å². The zero-order valence-corrected chi connectivity index (χ0v) is 44.9. The van der Waals surface area contributed by atoms with Crippen molar-refractivity contribution in [2.24, 2.45) is 5.41 Å². The summed E-state index contributed by atoms with van der Waals surface area (Å²) >= 11 is 0. The third-order valence-corrected chi connectivity index (χ3v) is 15.5. The van der Waals surface area contributed by atoms with Crippen molar-refractivity contribution in [3.63, 3.8) is 0 Å². The van der Waals surface area contributed by atoms with Gasteiger partial charge in [-0.2, -0.15) is 33.7 Å². The van der Waals surface area contributed by atoms with E-state index in [1.807, 2.05) is 27.7 Å². The molecule has 0 saturated carbocycles. The van der Waals surface area contributed by atoms with Crippen LogP contribution in [0.3, 0.4) is 0 Å². The number of hydrogen-bond donors (Lipinski definition) is 0. The lowest BCUT2D eigenvalue weighted by molar-refractivity contribution is -0.122. The molecule has 4 aromatic rings. The molecule has 0 heterocycles. The normalized spacial score (nSPS) is 12.7. The summed E-state index contributed by atoms with van der Waals surface area (Å²) in [5.41, 5.74) is 2.63. The second-order valence-corrected chi connectivity index (χ2v) is 23.0. The van der Waals surface area contributed by atoms with E-state index in [-0.39, 0.29) is 152 Å². The minimum atomic E-state index is -3.97. The van der Waals surface area contributed by atoms with Gasteiger partial charge in [0.15, 0.2) is 0 Å². The van der Waals surface area contributed by atoms with E-state index in [2.05, 4.69) is 0 Å².